The summed E-state index contributed by atoms with van der Waals surface area (Å²) in [5, 5.41) is 0. The van der Waals surface area contributed by atoms with Gasteiger partial charge in [-0.25, -0.2) is 0 Å². The molecule has 5 heavy (non-hydrogen) atoms. The first-order chi connectivity index (χ1) is 4.31. The topological polar surface area (TPSA) is 0 Å². The highest BCUT2D eigenvalue weighted by Gasteiger charge is 1.67. The zero-order valence-corrected chi connectivity index (χ0v) is 3.93. The van der Waals surface area contributed by atoms with Crippen molar-refractivity contribution in [1.82, 2.24) is 0 Å². The van der Waals surface area contributed by atoms with E-state index in [0.29, 0.717) is 5.75 Å². The summed E-state index contributed by atoms with van der Waals surface area (Å²) in [7, 11) is 0. The summed E-state index contributed by atoms with van der Waals surface area (Å²) < 4.78 is 34.4. The van der Waals surface area contributed by atoms with Gasteiger partial charge in [0.15, 0.2) is 0 Å². The van der Waals surface area contributed by atoms with Gasteiger partial charge in [0, 0.05) is 6.85 Å². The number of hydrogen-bond donors (Lipinski definition) is 0. The zero-order valence-electron chi connectivity index (χ0n) is 8.12. The maximum absolute atomic E-state index is 7.04. The van der Waals surface area contributed by atoms with Gasteiger partial charge in [-0.3, -0.25) is 0 Å². The fourth-order valence-electron chi connectivity index (χ4n) is 0.0722. The predicted octanol–water partition coefficient (Wildman–Crippen LogP) is 1.76. The van der Waals surface area contributed by atoms with Crippen molar-refractivity contribution >= 4 is 11.8 Å². The monoisotopic (exact) mass is 95.1 g/mol. The molecule has 0 unspecified atom stereocenters. The van der Waals surface area contributed by atoms with Gasteiger partial charge in [0.05, 0.1) is 0 Å². The third-order valence-corrected chi connectivity index (χ3v) is 0.650. The second-order valence-corrected chi connectivity index (χ2v) is 1.61. The normalized spacial score (nSPS) is 28.6. The SMILES string of the molecule is [2H]C([2H])([2H])C([2H])([2H])SCC. The minimum absolute atomic E-state index is 0.478. The third kappa shape index (κ3) is 4.35. The van der Waals surface area contributed by atoms with Crippen LogP contribution in [0.5, 0.6) is 0 Å². The Bertz CT molecular complexity index is 107. The quantitative estimate of drug-likeness (QED) is 0.503. The Morgan fingerprint density at radius 2 is 3.00 bits per heavy atom. The Balaban J connectivity index is 4.10. The fourth-order valence-corrected chi connectivity index (χ4v) is 0.217. The summed E-state index contributed by atoms with van der Waals surface area (Å²) in [6, 6.07) is 0. The average Bonchev–Trinajstić information content (AvgIpc) is 1.61. The maximum Gasteiger partial charge on any atom is 0.0377 e. The molecule has 1 heteroatoms. The molecule has 0 saturated heterocycles. The van der Waals surface area contributed by atoms with Crippen LogP contribution in [0.25, 0.3) is 0 Å². The van der Waals surface area contributed by atoms with E-state index in [1.807, 2.05) is 0 Å². The molecule has 0 aromatic carbocycles. The summed E-state index contributed by atoms with van der Waals surface area (Å²) in [4.78, 5) is 0. The number of rotatable bonds is 2. The third-order valence-electron chi connectivity index (χ3n) is 0.217. The lowest BCUT2D eigenvalue weighted by molar-refractivity contribution is 1.46. The molecular weight excluding hydrogens is 80.1 g/mol. The van der Waals surface area contributed by atoms with E-state index in [-0.39, 0.29) is 0 Å². The molecule has 0 aromatic rings. The van der Waals surface area contributed by atoms with Gasteiger partial charge in [0.1, 0.15) is 0 Å². The van der Waals surface area contributed by atoms with E-state index >= 15 is 0 Å². The molecule has 0 spiro atoms. The van der Waals surface area contributed by atoms with Crippen molar-refractivity contribution in [2.45, 2.75) is 13.8 Å². The molecule has 0 amide bonds. The first-order valence-electron chi connectivity index (χ1n) is 3.95. The van der Waals surface area contributed by atoms with E-state index in [4.69, 9.17) is 6.85 Å². The van der Waals surface area contributed by atoms with Crippen LogP contribution in [-0.4, -0.2) is 11.5 Å². The van der Waals surface area contributed by atoms with Crippen molar-refractivity contribution in [2.24, 2.45) is 0 Å². The Morgan fingerprint density at radius 3 is 3.20 bits per heavy atom. The lowest BCUT2D eigenvalue weighted by atomic mass is 11.0. The van der Waals surface area contributed by atoms with Crippen molar-refractivity contribution in [3.8, 4) is 0 Å². The average molecular weight is 95.2 g/mol. The molecule has 0 aliphatic rings. The molecule has 0 rings (SSSR count). The fraction of sp³-hybridized carbons (Fsp3) is 1.00. The second kappa shape index (κ2) is 4.35. The minimum Gasteiger partial charge on any atom is -0.163 e. The first kappa shape index (κ1) is 1.16. The first-order valence-corrected chi connectivity index (χ1v) is 2.44. The lowest BCUT2D eigenvalue weighted by Gasteiger charge is -1.80. The highest BCUT2D eigenvalue weighted by molar-refractivity contribution is 7.99. The molecular formula is C4H10S. The van der Waals surface area contributed by atoms with Gasteiger partial charge in [0.25, 0.3) is 0 Å². The lowest BCUT2D eigenvalue weighted by Crippen LogP contribution is -1.64. The largest absolute Gasteiger partial charge is 0.163 e. The van der Waals surface area contributed by atoms with Crippen LogP contribution < -0.4 is 0 Å². The smallest absolute Gasteiger partial charge is 0.0377 e. The van der Waals surface area contributed by atoms with Crippen LogP contribution in [0.4, 0.5) is 0 Å². The summed E-state index contributed by atoms with van der Waals surface area (Å²) in [5.74, 6) is 0.478. The summed E-state index contributed by atoms with van der Waals surface area (Å²) in [6.45, 7) is -0.776. The van der Waals surface area contributed by atoms with Gasteiger partial charge in [-0.2, -0.15) is 11.8 Å². The molecule has 0 bridgehead atoms. The zero-order chi connectivity index (χ0) is 8.41. The molecule has 0 radical (unpaired) electrons. The highest BCUT2D eigenvalue weighted by Crippen LogP contribution is 1.93. The number of hydrogen-bond acceptors (Lipinski definition) is 1. The van der Waals surface area contributed by atoms with Crippen LogP contribution >= 0.6 is 11.8 Å². The van der Waals surface area contributed by atoms with Crippen LogP contribution in [-0.2, 0) is 0 Å². The predicted molar refractivity (Wildman–Crippen MR) is 28.7 cm³/mol. The van der Waals surface area contributed by atoms with Crippen molar-refractivity contribution in [3.63, 3.8) is 0 Å². The van der Waals surface area contributed by atoms with Gasteiger partial charge in [-0.1, -0.05) is 13.8 Å². The molecule has 0 nitrogen and oxygen atoms in total. The molecule has 0 aromatic heterocycles. The molecule has 0 fully saturated rings. The molecule has 0 heterocycles. The van der Waals surface area contributed by atoms with Gasteiger partial charge in [-0.05, 0) is 11.5 Å². The van der Waals surface area contributed by atoms with E-state index in [9.17, 15) is 0 Å². The van der Waals surface area contributed by atoms with Crippen molar-refractivity contribution in [1.29, 1.82) is 0 Å². The number of thioether (sulfide) groups is 1. The molecule has 32 valence electrons. The van der Waals surface area contributed by atoms with E-state index in [0.717, 1.165) is 11.8 Å². The second-order valence-electron chi connectivity index (χ2n) is 0.535. The minimum atomic E-state index is -2.51. The van der Waals surface area contributed by atoms with Gasteiger partial charge >= 0.3 is 0 Å². The maximum atomic E-state index is 7.04. The van der Waals surface area contributed by atoms with Crippen molar-refractivity contribution in [2.75, 3.05) is 11.5 Å². The van der Waals surface area contributed by atoms with Gasteiger partial charge < -0.3 is 0 Å². The Hall–Kier alpha value is 0.350. The standard InChI is InChI=1S/C4H10S/c1-3-5-4-2/h3-4H2,1-2H3/i1D3,3D2. The summed E-state index contributed by atoms with van der Waals surface area (Å²) >= 11 is 0.811. The van der Waals surface area contributed by atoms with Crippen molar-refractivity contribution < 1.29 is 6.85 Å². The molecule has 0 aliphatic heterocycles. The van der Waals surface area contributed by atoms with Crippen LogP contribution in [0.1, 0.15) is 20.6 Å². The van der Waals surface area contributed by atoms with Gasteiger partial charge in [0.2, 0.25) is 0 Å². The molecule has 0 N–H and O–H groups in total. The Morgan fingerprint density at radius 1 is 2.20 bits per heavy atom. The van der Waals surface area contributed by atoms with Gasteiger partial charge in [-0.15, -0.1) is 0 Å². The molecule has 0 atom stereocenters. The summed E-state index contributed by atoms with van der Waals surface area (Å²) in [6.07, 6.45) is 0. The van der Waals surface area contributed by atoms with E-state index < -0.39 is 12.6 Å². The van der Waals surface area contributed by atoms with E-state index in [1.165, 1.54) is 0 Å². The Kier molecular flexibility index (Phi) is 1.01. The molecule has 0 saturated carbocycles. The van der Waals surface area contributed by atoms with Crippen LogP contribution in [0, 0.1) is 0 Å². The van der Waals surface area contributed by atoms with Crippen LogP contribution in [0.3, 0.4) is 0 Å². The van der Waals surface area contributed by atoms with E-state index in [2.05, 4.69) is 0 Å². The Labute approximate surface area is 45.0 Å². The highest BCUT2D eigenvalue weighted by atomic mass is 32.2. The molecule has 0 aliphatic carbocycles. The van der Waals surface area contributed by atoms with Crippen LogP contribution in [0.2, 0.25) is 0 Å². The van der Waals surface area contributed by atoms with Crippen LogP contribution in [0.15, 0.2) is 0 Å². The summed E-state index contributed by atoms with van der Waals surface area (Å²) in [5.41, 5.74) is -2.10. The van der Waals surface area contributed by atoms with E-state index in [1.54, 1.807) is 6.92 Å². The van der Waals surface area contributed by atoms with Crippen molar-refractivity contribution in [3.05, 3.63) is 0 Å².